The Kier molecular flexibility index (Phi) is 18.6. The van der Waals surface area contributed by atoms with E-state index in [-0.39, 0.29) is 11.9 Å². The van der Waals surface area contributed by atoms with Gasteiger partial charge in [0.2, 0.25) is 8.32 Å². The number of unbranched alkanes of at least 4 members (excludes halogenated alkanes) is 2. The van der Waals surface area contributed by atoms with Gasteiger partial charge in [-0.15, -0.1) is 0 Å². The second kappa shape index (κ2) is 20.5. The largest absolute Gasteiger partial charge is 0.490 e. The number of esters is 1. The highest BCUT2D eigenvalue weighted by Gasteiger charge is 2.38. The van der Waals surface area contributed by atoms with E-state index in [1.165, 1.54) is 6.42 Å². The van der Waals surface area contributed by atoms with Crippen molar-refractivity contribution < 1.29 is 35.8 Å². The van der Waals surface area contributed by atoms with Gasteiger partial charge in [0.1, 0.15) is 12.0 Å². The van der Waals surface area contributed by atoms with Crippen molar-refractivity contribution in [3.63, 3.8) is 0 Å². The summed E-state index contributed by atoms with van der Waals surface area (Å²) in [5.74, 6) is 0.985. The van der Waals surface area contributed by atoms with Gasteiger partial charge in [-0.05, 0) is 94.7 Å². The van der Waals surface area contributed by atoms with Gasteiger partial charge in [0, 0.05) is 29.3 Å². The maximum atomic E-state index is 13.0. The van der Waals surface area contributed by atoms with Crippen molar-refractivity contribution in [3.05, 3.63) is 51.5 Å². The fourth-order valence-corrected chi connectivity index (χ4v) is 21.3. The van der Waals surface area contributed by atoms with E-state index in [0.717, 1.165) is 31.4 Å². The number of hydrogen-bond donors (Lipinski definition) is 0. The first-order chi connectivity index (χ1) is 22.8. The molecule has 0 aromatic heterocycles. The van der Waals surface area contributed by atoms with E-state index in [1.54, 1.807) is 43.5 Å². The molecule has 0 aliphatic carbocycles. The molecular formula is C33H57Cl3O8Si5. The Bertz CT molecular complexity index is 1340. The Balaban J connectivity index is 1.78. The third kappa shape index (κ3) is 17.1. The number of rotatable bonds is 23. The first kappa shape index (κ1) is 44.5. The first-order valence-electron chi connectivity index (χ1n) is 17.0. The van der Waals surface area contributed by atoms with E-state index in [9.17, 15) is 4.79 Å². The van der Waals surface area contributed by atoms with Crippen LogP contribution in [0, 0.1) is 5.92 Å². The van der Waals surface area contributed by atoms with Crippen molar-refractivity contribution >= 4 is 84.3 Å². The highest BCUT2D eigenvalue weighted by molar-refractivity contribution is 6.84. The van der Waals surface area contributed by atoms with E-state index in [4.69, 9.17) is 65.8 Å². The van der Waals surface area contributed by atoms with Crippen LogP contribution in [0.4, 0.5) is 0 Å². The molecule has 0 saturated heterocycles. The summed E-state index contributed by atoms with van der Waals surface area (Å²) < 4.78 is 43.1. The summed E-state index contributed by atoms with van der Waals surface area (Å²) in [7, 11) is -8.13. The van der Waals surface area contributed by atoms with Crippen LogP contribution in [0.2, 0.25) is 79.0 Å². The van der Waals surface area contributed by atoms with Crippen LogP contribution >= 0.6 is 34.8 Å². The normalized spacial score (nSPS) is 14.6. The third-order valence-electron chi connectivity index (χ3n) is 8.02. The lowest BCUT2D eigenvalue weighted by atomic mass is 10.2. The lowest BCUT2D eigenvalue weighted by molar-refractivity contribution is -0.145. The van der Waals surface area contributed by atoms with Crippen LogP contribution in [-0.2, 0) is 26.3 Å². The second-order valence-corrected chi connectivity index (χ2v) is 34.1. The number of carbonyl (C=O) groups excluding carboxylic acids is 1. The van der Waals surface area contributed by atoms with E-state index in [1.807, 2.05) is 13.5 Å². The standard InChI is InChI=1S/C33H57Cl3O8Si5/c1-11-12-20-47(6,7)44-48(8,9)25-40-33(37)26(2)24-49(10,38-3)43-45-42-46(4,5)21-14-13-19-39-32-23-28(35)16-18-31(32)41-30-17-15-27(34)22-29(30)36/h15-18,22-23,26H,11-14,19-21,24-25,45H2,1-10H3. The number of carbonyl (C=O) groups is 1. The summed E-state index contributed by atoms with van der Waals surface area (Å²) in [5, 5.41) is 1.49. The fourth-order valence-electron chi connectivity index (χ4n) is 5.24. The lowest BCUT2D eigenvalue weighted by Crippen LogP contribution is -2.48. The smallest absolute Gasteiger partial charge is 0.326 e. The zero-order chi connectivity index (χ0) is 36.9. The summed E-state index contributed by atoms with van der Waals surface area (Å²) in [6.07, 6.45) is 4.47. The summed E-state index contributed by atoms with van der Waals surface area (Å²) >= 11 is 18.5. The zero-order valence-electron chi connectivity index (χ0n) is 31.0. The monoisotopic (exact) mass is 826 g/mol. The highest BCUT2D eigenvalue weighted by atomic mass is 35.5. The second-order valence-electron chi connectivity index (χ2n) is 14.5. The van der Waals surface area contributed by atoms with Crippen molar-refractivity contribution in [1.82, 2.24) is 0 Å². The van der Waals surface area contributed by atoms with Crippen LogP contribution in [0.5, 0.6) is 17.2 Å². The van der Waals surface area contributed by atoms with Crippen molar-refractivity contribution in [3.8, 4) is 17.2 Å². The number of benzene rings is 2. The van der Waals surface area contributed by atoms with Gasteiger partial charge in [0.25, 0.3) is 10.0 Å². The Hall–Kier alpha value is -0.696. The van der Waals surface area contributed by atoms with Gasteiger partial charge < -0.3 is 31.0 Å². The highest BCUT2D eigenvalue weighted by Crippen LogP contribution is 2.38. The quantitative estimate of drug-likeness (QED) is 0.0622. The molecule has 2 rings (SSSR count). The van der Waals surface area contributed by atoms with Gasteiger partial charge in [0.15, 0.2) is 28.1 Å². The Labute approximate surface area is 316 Å². The first-order valence-corrected chi connectivity index (χ1v) is 31.2. The topological polar surface area (TPSA) is 81.7 Å². The molecule has 0 bridgehead atoms. The van der Waals surface area contributed by atoms with Gasteiger partial charge in [0.05, 0.1) is 17.5 Å². The van der Waals surface area contributed by atoms with Gasteiger partial charge in [-0.2, -0.15) is 0 Å². The summed E-state index contributed by atoms with van der Waals surface area (Å²) in [6.45, 7) is 19.8. The maximum absolute atomic E-state index is 13.0. The van der Waals surface area contributed by atoms with Crippen molar-refractivity contribution in [2.75, 3.05) is 19.9 Å². The minimum Gasteiger partial charge on any atom is -0.490 e. The Morgan fingerprint density at radius 1 is 0.796 bits per heavy atom. The van der Waals surface area contributed by atoms with E-state index in [2.05, 4.69) is 46.2 Å². The van der Waals surface area contributed by atoms with E-state index in [0.29, 0.717) is 51.2 Å². The molecule has 0 amide bonds. The number of ether oxygens (including phenoxy) is 3. The number of hydrogen-bond acceptors (Lipinski definition) is 8. The molecule has 278 valence electrons. The molecule has 2 atom stereocenters. The average molecular weight is 829 g/mol. The summed E-state index contributed by atoms with van der Waals surface area (Å²) in [4.78, 5) is 13.0. The van der Waals surface area contributed by atoms with Crippen LogP contribution in [0.25, 0.3) is 0 Å². The van der Waals surface area contributed by atoms with Crippen LogP contribution in [-0.4, -0.2) is 69.4 Å². The molecule has 0 aliphatic rings. The molecular weight excluding hydrogens is 771 g/mol. The van der Waals surface area contributed by atoms with Crippen LogP contribution in [0.1, 0.15) is 39.5 Å². The van der Waals surface area contributed by atoms with Gasteiger partial charge in [-0.3, -0.25) is 4.79 Å². The molecule has 2 unspecified atom stereocenters. The fraction of sp³-hybridized carbons (Fsp3) is 0.606. The molecule has 0 saturated carbocycles. The van der Waals surface area contributed by atoms with Crippen molar-refractivity contribution in [2.45, 2.75) is 103 Å². The molecule has 0 spiro atoms. The molecule has 0 heterocycles. The molecule has 0 fully saturated rings. The average Bonchev–Trinajstić information content (AvgIpc) is 3.00. The molecule has 16 heteroatoms. The molecule has 0 N–H and O–H groups in total. The number of halogens is 3. The van der Waals surface area contributed by atoms with Crippen LogP contribution < -0.4 is 9.47 Å². The SMILES string of the molecule is CCCC[Si](C)(C)O[Si](C)(C)COC(=O)C(C)C[Si](C)(OC)O[SiH2]O[Si](C)(C)CCCCOc1cc(Cl)ccc1Oc1ccc(Cl)cc1Cl. The molecule has 0 aliphatic heterocycles. The van der Waals surface area contributed by atoms with Crippen molar-refractivity contribution in [2.24, 2.45) is 5.92 Å². The predicted molar refractivity (Wildman–Crippen MR) is 215 cm³/mol. The predicted octanol–water partition coefficient (Wildman–Crippen LogP) is 10.5. The lowest BCUT2D eigenvalue weighted by Gasteiger charge is -2.34. The molecule has 49 heavy (non-hydrogen) atoms. The maximum Gasteiger partial charge on any atom is 0.326 e. The van der Waals surface area contributed by atoms with Crippen molar-refractivity contribution in [1.29, 1.82) is 0 Å². The summed E-state index contributed by atoms with van der Waals surface area (Å²) in [5.41, 5.74) is 0. The molecule has 2 aromatic carbocycles. The Morgan fingerprint density at radius 3 is 2.06 bits per heavy atom. The molecule has 2 aromatic rings. The molecule has 8 nitrogen and oxygen atoms in total. The zero-order valence-corrected chi connectivity index (χ0v) is 38.7. The van der Waals surface area contributed by atoms with Gasteiger partial charge in [-0.1, -0.05) is 67.9 Å². The van der Waals surface area contributed by atoms with Gasteiger partial charge >= 0.3 is 14.5 Å². The minimum atomic E-state index is -2.62. The third-order valence-corrected chi connectivity index (χ3v) is 25.9. The van der Waals surface area contributed by atoms with E-state index >= 15 is 0 Å². The van der Waals surface area contributed by atoms with Gasteiger partial charge in [-0.25, -0.2) is 0 Å². The summed E-state index contributed by atoms with van der Waals surface area (Å²) in [6, 6.07) is 12.9. The molecule has 0 radical (unpaired) electrons. The minimum absolute atomic E-state index is 0.221. The van der Waals surface area contributed by atoms with E-state index < -0.39 is 43.5 Å². The van der Waals surface area contributed by atoms with Crippen LogP contribution in [0.3, 0.4) is 0 Å². The van der Waals surface area contributed by atoms with Crippen LogP contribution in [0.15, 0.2) is 36.4 Å². The Morgan fingerprint density at radius 2 is 1.43 bits per heavy atom.